The van der Waals surface area contributed by atoms with E-state index in [0.717, 1.165) is 6.42 Å². The molecule has 2 aliphatic rings. The molecule has 0 aliphatic carbocycles. The van der Waals surface area contributed by atoms with Gasteiger partial charge in [0, 0.05) is 6.54 Å². The monoisotopic (exact) mass is 278 g/mol. The van der Waals surface area contributed by atoms with Crippen molar-refractivity contribution >= 4 is 17.8 Å². The highest BCUT2D eigenvalue weighted by Gasteiger charge is 2.42. The summed E-state index contributed by atoms with van der Waals surface area (Å²) in [6.45, 7) is 0.628. The van der Waals surface area contributed by atoms with Crippen molar-refractivity contribution in [2.75, 3.05) is 13.1 Å². The van der Waals surface area contributed by atoms with Crippen LogP contribution < -0.4 is 0 Å². The maximum Gasteiger partial charge on any atom is 0.339 e. The molecule has 0 radical (unpaired) electrons. The molecule has 3 rings (SSSR count). The van der Waals surface area contributed by atoms with E-state index in [1.165, 1.54) is 17.2 Å². The van der Waals surface area contributed by atoms with Crippen LogP contribution in [-0.4, -0.2) is 51.8 Å². The number of carboxylic acid groups (broad SMARTS) is 1. The normalized spacial score (nSPS) is 22.3. The second-order valence-electron chi connectivity index (χ2n) is 5.00. The Bertz CT molecular complexity index is 579. The van der Waals surface area contributed by atoms with Crippen LogP contribution in [0.4, 0.5) is 0 Å². The van der Waals surface area contributed by atoms with Crippen LogP contribution in [0.5, 0.6) is 0 Å². The van der Waals surface area contributed by atoms with Crippen LogP contribution in [0.25, 0.3) is 0 Å². The van der Waals surface area contributed by atoms with Crippen molar-refractivity contribution < 1.29 is 23.9 Å². The largest absolute Gasteiger partial charge is 0.478 e. The number of amides is 2. The van der Waals surface area contributed by atoms with Crippen LogP contribution >= 0.6 is 0 Å². The highest BCUT2D eigenvalue weighted by Crippen LogP contribution is 2.25. The molecule has 106 valence electrons. The summed E-state index contributed by atoms with van der Waals surface area (Å²) in [4.78, 5) is 38.3. The minimum atomic E-state index is -1.10. The molecule has 1 aromatic rings. The summed E-state index contributed by atoms with van der Waals surface area (Å²) in [7, 11) is 0. The van der Waals surface area contributed by atoms with Gasteiger partial charge in [-0.3, -0.25) is 9.59 Å². The Balaban J connectivity index is 1.80. The number of aromatic carboxylic acids is 1. The fourth-order valence-electron chi connectivity index (χ4n) is 2.83. The van der Waals surface area contributed by atoms with E-state index >= 15 is 0 Å². The van der Waals surface area contributed by atoms with Gasteiger partial charge in [0.1, 0.15) is 23.9 Å². The number of rotatable bonds is 3. The summed E-state index contributed by atoms with van der Waals surface area (Å²) in [5, 5.41) is 9.01. The minimum Gasteiger partial charge on any atom is -0.478 e. The molecule has 1 aromatic heterocycles. The second kappa shape index (κ2) is 4.66. The first-order valence-corrected chi connectivity index (χ1v) is 6.46. The molecule has 2 amide bonds. The summed E-state index contributed by atoms with van der Waals surface area (Å²) in [6, 6.07) is 0.954. The van der Waals surface area contributed by atoms with Crippen molar-refractivity contribution in [2.45, 2.75) is 25.4 Å². The fraction of sp³-hybridized carbons (Fsp3) is 0.462. The van der Waals surface area contributed by atoms with E-state index in [2.05, 4.69) is 0 Å². The number of piperazine rings is 1. The molecule has 7 heteroatoms. The van der Waals surface area contributed by atoms with Crippen molar-refractivity contribution in [1.82, 2.24) is 9.80 Å². The average molecular weight is 278 g/mol. The molecule has 2 aliphatic heterocycles. The van der Waals surface area contributed by atoms with Gasteiger partial charge in [0.15, 0.2) is 0 Å². The Morgan fingerprint density at radius 2 is 2.25 bits per heavy atom. The van der Waals surface area contributed by atoms with Crippen molar-refractivity contribution in [1.29, 1.82) is 0 Å². The Labute approximate surface area is 114 Å². The highest BCUT2D eigenvalue weighted by molar-refractivity contribution is 5.95. The lowest BCUT2D eigenvalue weighted by molar-refractivity contribution is -0.154. The molecule has 20 heavy (non-hydrogen) atoms. The molecule has 2 fully saturated rings. The van der Waals surface area contributed by atoms with Gasteiger partial charge in [-0.2, -0.15) is 0 Å². The Kier molecular flexibility index (Phi) is 2.96. The number of nitrogens with zero attached hydrogens (tertiary/aromatic N) is 2. The van der Waals surface area contributed by atoms with Crippen LogP contribution in [0.2, 0.25) is 0 Å². The molecular weight excluding hydrogens is 264 g/mol. The molecule has 0 spiro atoms. The number of carbonyl (C=O) groups is 3. The van der Waals surface area contributed by atoms with Crippen molar-refractivity contribution in [3.8, 4) is 0 Å². The first-order valence-electron chi connectivity index (χ1n) is 6.46. The lowest BCUT2D eigenvalue weighted by Gasteiger charge is -2.36. The van der Waals surface area contributed by atoms with Gasteiger partial charge in [0.2, 0.25) is 11.8 Å². The van der Waals surface area contributed by atoms with E-state index in [4.69, 9.17) is 9.52 Å². The molecule has 0 aromatic carbocycles. The van der Waals surface area contributed by atoms with Gasteiger partial charge in [0.05, 0.1) is 12.8 Å². The lowest BCUT2D eigenvalue weighted by atomic mass is 10.1. The van der Waals surface area contributed by atoms with Crippen molar-refractivity contribution in [2.24, 2.45) is 0 Å². The third kappa shape index (κ3) is 1.95. The molecule has 1 N–H and O–H groups in total. The SMILES string of the molecule is O=C(O)c1ccoc1CN1CC(=O)N2CCCC2C1=O. The lowest BCUT2D eigenvalue weighted by Crippen LogP contribution is -2.56. The van der Waals surface area contributed by atoms with Crippen LogP contribution in [0.1, 0.15) is 29.0 Å². The van der Waals surface area contributed by atoms with Crippen molar-refractivity contribution in [3.63, 3.8) is 0 Å². The summed E-state index contributed by atoms with van der Waals surface area (Å²) in [6.07, 6.45) is 2.78. The zero-order chi connectivity index (χ0) is 14.3. The van der Waals surface area contributed by atoms with Crippen LogP contribution in [0.15, 0.2) is 16.7 Å². The molecule has 7 nitrogen and oxygen atoms in total. The van der Waals surface area contributed by atoms with Gasteiger partial charge in [0.25, 0.3) is 0 Å². The number of hydrogen-bond acceptors (Lipinski definition) is 4. The van der Waals surface area contributed by atoms with Crippen LogP contribution in [0.3, 0.4) is 0 Å². The number of fused-ring (bicyclic) bond motifs is 1. The van der Waals surface area contributed by atoms with Crippen molar-refractivity contribution in [3.05, 3.63) is 23.7 Å². The van der Waals surface area contributed by atoms with Gasteiger partial charge >= 0.3 is 5.97 Å². The van der Waals surface area contributed by atoms with Gasteiger partial charge in [-0.15, -0.1) is 0 Å². The predicted octanol–water partition coefficient (Wildman–Crippen LogP) is 0.311. The van der Waals surface area contributed by atoms with E-state index in [1.807, 2.05) is 0 Å². The number of furan rings is 1. The molecule has 0 bridgehead atoms. The number of carboxylic acids is 1. The standard InChI is InChI=1S/C13H14N2O5/c16-11-7-14(12(17)9-2-1-4-15(9)11)6-10-8(13(18)19)3-5-20-10/h3,5,9H,1-2,4,6-7H2,(H,18,19). The van der Waals surface area contributed by atoms with E-state index in [0.29, 0.717) is 13.0 Å². The Morgan fingerprint density at radius 3 is 3.00 bits per heavy atom. The molecule has 1 unspecified atom stereocenters. The van der Waals surface area contributed by atoms with E-state index in [9.17, 15) is 14.4 Å². The second-order valence-corrected chi connectivity index (χ2v) is 5.00. The van der Waals surface area contributed by atoms with Crippen LogP contribution in [-0.2, 0) is 16.1 Å². The molecule has 3 heterocycles. The third-order valence-corrected chi connectivity index (χ3v) is 3.81. The maximum atomic E-state index is 12.3. The maximum absolute atomic E-state index is 12.3. The van der Waals surface area contributed by atoms with Gasteiger partial charge in [-0.1, -0.05) is 0 Å². The first-order chi connectivity index (χ1) is 9.58. The smallest absolute Gasteiger partial charge is 0.339 e. The fourth-order valence-corrected chi connectivity index (χ4v) is 2.83. The van der Waals surface area contributed by atoms with Gasteiger partial charge in [-0.05, 0) is 18.9 Å². The van der Waals surface area contributed by atoms with Gasteiger partial charge in [-0.25, -0.2) is 4.79 Å². The van der Waals surface area contributed by atoms with Crippen LogP contribution in [0, 0.1) is 0 Å². The molecule has 1 atom stereocenters. The molecule has 2 saturated heterocycles. The third-order valence-electron chi connectivity index (χ3n) is 3.81. The summed E-state index contributed by atoms with van der Waals surface area (Å²) in [5.41, 5.74) is 0.0269. The highest BCUT2D eigenvalue weighted by atomic mass is 16.4. The van der Waals surface area contributed by atoms with E-state index in [-0.39, 0.29) is 42.3 Å². The quantitative estimate of drug-likeness (QED) is 0.859. The van der Waals surface area contributed by atoms with Gasteiger partial charge < -0.3 is 19.3 Å². The Morgan fingerprint density at radius 1 is 1.45 bits per heavy atom. The minimum absolute atomic E-state index is 0.0174. The number of hydrogen-bond donors (Lipinski definition) is 1. The first kappa shape index (κ1) is 12.7. The zero-order valence-corrected chi connectivity index (χ0v) is 10.7. The predicted molar refractivity (Wildman–Crippen MR) is 65.8 cm³/mol. The molecular formula is C13H14N2O5. The summed E-state index contributed by atoms with van der Waals surface area (Å²) < 4.78 is 5.12. The summed E-state index contributed by atoms with van der Waals surface area (Å²) >= 11 is 0. The van der Waals surface area contributed by atoms with E-state index in [1.54, 1.807) is 4.90 Å². The van der Waals surface area contributed by atoms with E-state index < -0.39 is 5.97 Å². The molecule has 0 saturated carbocycles. The average Bonchev–Trinajstić information content (AvgIpc) is 3.04. The Hall–Kier alpha value is -2.31. The summed E-state index contributed by atoms with van der Waals surface area (Å²) in [5.74, 6) is -1.12. The zero-order valence-electron chi connectivity index (χ0n) is 10.7. The topological polar surface area (TPSA) is 91.1 Å². The number of carbonyl (C=O) groups excluding carboxylic acids is 2.